The Morgan fingerprint density at radius 3 is 2.87 bits per heavy atom. The third kappa shape index (κ3) is 4.02. The number of amides is 2. The van der Waals surface area contributed by atoms with Crippen molar-refractivity contribution in [1.82, 2.24) is 15.2 Å². The average molecular weight is 445 g/mol. The number of halogens is 2. The van der Waals surface area contributed by atoms with E-state index in [1.807, 2.05) is 4.90 Å². The number of anilines is 1. The van der Waals surface area contributed by atoms with Gasteiger partial charge in [-0.25, -0.2) is 8.78 Å². The van der Waals surface area contributed by atoms with E-state index in [4.69, 9.17) is 5.26 Å². The summed E-state index contributed by atoms with van der Waals surface area (Å²) in [7, 11) is 0. The maximum atomic E-state index is 13.1. The molecule has 2 amide bonds. The van der Waals surface area contributed by atoms with Gasteiger partial charge in [-0.1, -0.05) is 6.92 Å². The Bertz CT molecular complexity index is 1070. The quantitative estimate of drug-likeness (QED) is 0.761. The number of thioether (sulfide) groups is 1. The minimum Gasteiger partial charge on any atom is -0.370 e. The normalized spacial score (nSPS) is 19.9. The summed E-state index contributed by atoms with van der Waals surface area (Å²) < 4.78 is 26.3. The van der Waals surface area contributed by atoms with Crippen LogP contribution in [-0.4, -0.2) is 65.4 Å². The second kappa shape index (κ2) is 8.30. The molecule has 2 aliphatic heterocycles. The predicted molar refractivity (Wildman–Crippen MR) is 114 cm³/mol. The lowest BCUT2D eigenvalue weighted by Gasteiger charge is -2.48. The number of fused-ring (bicyclic) bond motifs is 1. The number of carbonyl (C=O) groups is 2. The minimum absolute atomic E-state index is 0.208. The number of hydrogen-bond acceptors (Lipinski definition) is 6. The zero-order valence-electron chi connectivity index (χ0n) is 16.8. The van der Waals surface area contributed by atoms with Crippen molar-refractivity contribution in [2.24, 2.45) is 5.41 Å². The zero-order valence-corrected chi connectivity index (χ0v) is 17.7. The Hall–Kier alpha value is -2.93. The van der Waals surface area contributed by atoms with E-state index < -0.39 is 23.8 Å². The highest BCUT2D eigenvalue weighted by atomic mass is 32.2. The van der Waals surface area contributed by atoms with Crippen molar-refractivity contribution in [1.29, 1.82) is 5.26 Å². The van der Waals surface area contributed by atoms with Gasteiger partial charge in [-0.05, 0) is 24.3 Å². The van der Waals surface area contributed by atoms with Crippen LogP contribution in [0.15, 0.2) is 30.5 Å². The van der Waals surface area contributed by atoms with E-state index in [0.717, 1.165) is 5.69 Å². The smallest absolute Gasteiger partial charge is 0.252 e. The number of rotatable bonds is 5. The molecule has 2 saturated heterocycles. The Labute approximate surface area is 182 Å². The molecule has 162 valence electrons. The van der Waals surface area contributed by atoms with E-state index >= 15 is 0 Å². The highest BCUT2D eigenvalue weighted by Crippen LogP contribution is 2.39. The van der Waals surface area contributed by atoms with Crippen molar-refractivity contribution in [2.75, 3.05) is 36.2 Å². The molecule has 1 aromatic heterocycles. The summed E-state index contributed by atoms with van der Waals surface area (Å²) in [5, 5.41) is 12.3. The van der Waals surface area contributed by atoms with Gasteiger partial charge in [0.2, 0.25) is 12.3 Å². The summed E-state index contributed by atoms with van der Waals surface area (Å²) in [6.45, 7) is 1.82. The third-order valence-electron chi connectivity index (χ3n) is 5.72. The van der Waals surface area contributed by atoms with Gasteiger partial charge in [0.15, 0.2) is 0 Å². The molecule has 1 N–H and O–H groups in total. The van der Waals surface area contributed by atoms with Crippen LogP contribution in [0.3, 0.4) is 0 Å². The number of benzene rings is 1. The van der Waals surface area contributed by atoms with Gasteiger partial charge in [0.1, 0.15) is 6.04 Å². The topological polar surface area (TPSA) is 89.3 Å². The van der Waals surface area contributed by atoms with Crippen LogP contribution in [0.5, 0.6) is 0 Å². The van der Waals surface area contributed by atoms with Crippen molar-refractivity contribution in [2.45, 2.75) is 19.4 Å². The number of hydrogen-bond donors (Lipinski definition) is 1. The van der Waals surface area contributed by atoms with Crippen molar-refractivity contribution in [3.8, 4) is 6.07 Å². The molecular formula is C21H21F2N5O2S. The summed E-state index contributed by atoms with van der Waals surface area (Å²) in [5.41, 5.74) is 0.666. The number of alkyl halides is 2. The van der Waals surface area contributed by atoms with Crippen molar-refractivity contribution < 1.29 is 18.4 Å². The molecule has 4 rings (SSSR count). The van der Waals surface area contributed by atoms with Gasteiger partial charge in [-0.3, -0.25) is 14.6 Å². The number of nitriles is 1. The molecule has 0 bridgehead atoms. The fourth-order valence-electron chi connectivity index (χ4n) is 3.82. The van der Waals surface area contributed by atoms with Gasteiger partial charge in [0.05, 0.1) is 35.0 Å². The first-order valence-corrected chi connectivity index (χ1v) is 10.9. The van der Waals surface area contributed by atoms with Gasteiger partial charge in [-0.2, -0.15) is 5.26 Å². The monoisotopic (exact) mass is 445 g/mol. The standard InChI is InChI=1S/C21H21F2N5O2S/c1-21(20(22)23)10-27(11-21)13-2-3-17-16(6-13)15(4-5-25-17)19(30)26-8-18(29)28-12-31-9-14(28)7-24/h2-6,14,20H,8-12H2,1H3,(H,26,30). The van der Waals surface area contributed by atoms with Crippen LogP contribution in [0.4, 0.5) is 14.5 Å². The van der Waals surface area contributed by atoms with Crippen LogP contribution in [0.1, 0.15) is 17.3 Å². The van der Waals surface area contributed by atoms with Crippen LogP contribution in [0.25, 0.3) is 10.9 Å². The molecule has 1 aromatic carbocycles. The molecule has 0 aliphatic carbocycles. The largest absolute Gasteiger partial charge is 0.370 e. The maximum absolute atomic E-state index is 13.1. The lowest BCUT2D eigenvalue weighted by molar-refractivity contribution is -0.129. The van der Waals surface area contributed by atoms with Gasteiger partial charge < -0.3 is 15.1 Å². The molecule has 3 heterocycles. The molecule has 10 heteroatoms. The first-order valence-electron chi connectivity index (χ1n) is 9.79. The molecule has 2 aliphatic rings. The summed E-state index contributed by atoms with van der Waals surface area (Å²) in [4.78, 5) is 32.8. The Balaban J connectivity index is 1.49. The summed E-state index contributed by atoms with van der Waals surface area (Å²) in [5.74, 6) is 0.256. The molecule has 2 aromatic rings. The second-order valence-corrected chi connectivity index (χ2v) is 9.06. The highest BCUT2D eigenvalue weighted by Gasteiger charge is 2.46. The molecule has 1 unspecified atom stereocenters. The SMILES string of the molecule is CC1(C(F)F)CN(c2ccc3nccc(C(=O)NCC(=O)N4CSCC4C#N)c3c2)C1. The lowest BCUT2D eigenvalue weighted by Crippen LogP contribution is -2.58. The fraction of sp³-hybridized carbons (Fsp3) is 0.429. The van der Waals surface area contributed by atoms with Gasteiger partial charge in [0.25, 0.3) is 5.91 Å². The van der Waals surface area contributed by atoms with Crippen molar-refractivity contribution in [3.63, 3.8) is 0 Å². The highest BCUT2D eigenvalue weighted by molar-refractivity contribution is 7.99. The number of carbonyl (C=O) groups excluding carboxylic acids is 2. The van der Waals surface area contributed by atoms with Crippen LogP contribution in [0.2, 0.25) is 0 Å². The maximum Gasteiger partial charge on any atom is 0.252 e. The summed E-state index contributed by atoms with van der Waals surface area (Å²) in [6.07, 6.45) is -0.877. The Morgan fingerprint density at radius 2 is 2.16 bits per heavy atom. The van der Waals surface area contributed by atoms with E-state index in [0.29, 0.717) is 28.1 Å². The van der Waals surface area contributed by atoms with E-state index in [1.54, 1.807) is 31.2 Å². The molecule has 1 atom stereocenters. The Morgan fingerprint density at radius 1 is 1.39 bits per heavy atom. The van der Waals surface area contributed by atoms with E-state index in [2.05, 4.69) is 16.4 Å². The fourth-order valence-corrected chi connectivity index (χ4v) is 4.93. The lowest BCUT2D eigenvalue weighted by atomic mass is 9.82. The van der Waals surface area contributed by atoms with Crippen LogP contribution >= 0.6 is 11.8 Å². The zero-order chi connectivity index (χ0) is 22.2. The van der Waals surface area contributed by atoms with E-state index in [9.17, 15) is 18.4 Å². The molecule has 7 nitrogen and oxygen atoms in total. The third-order valence-corrected chi connectivity index (χ3v) is 6.73. The van der Waals surface area contributed by atoms with Gasteiger partial charge >= 0.3 is 0 Å². The van der Waals surface area contributed by atoms with E-state index in [-0.39, 0.29) is 25.5 Å². The molecule has 31 heavy (non-hydrogen) atoms. The van der Waals surface area contributed by atoms with Gasteiger partial charge in [0, 0.05) is 36.1 Å². The minimum atomic E-state index is -2.39. The predicted octanol–water partition coefficient (Wildman–Crippen LogP) is 2.48. The molecule has 2 fully saturated rings. The van der Waals surface area contributed by atoms with Crippen LogP contribution in [0, 0.1) is 16.7 Å². The first-order chi connectivity index (χ1) is 14.8. The van der Waals surface area contributed by atoms with Crippen LogP contribution in [-0.2, 0) is 4.79 Å². The van der Waals surface area contributed by atoms with E-state index in [1.165, 1.54) is 22.9 Å². The number of pyridine rings is 1. The summed E-state index contributed by atoms with van der Waals surface area (Å²) in [6, 6.07) is 8.51. The molecule has 0 saturated carbocycles. The van der Waals surface area contributed by atoms with Crippen molar-refractivity contribution in [3.05, 3.63) is 36.0 Å². The van der Waals surface area contributed by atoms with Gasteiger partial charge in [-0.15, -0.1) is 11.8 Å². The number of nitrogens with one attached hydrogen (secondary N) is 1. The summed E-state index contributed by atoms with van der Waals surface area (Å²) >= 11 is 1.50. The number of aromatic nitrogens is 1. The number of nitrogens with zero attached hydrogens (tertiary/aromatic N) is 4. The van der Waals surface area contributed by atoms with Crippen LogP contribution < -0.4 is 10.2 Å². The first kappa shape index (κ1) is 21.3. The molecular weight excluding hydrogens is 424 g/mol. The van der Waals surface area contributed by atoms with Crippen molar-refractivity contribution >= 4 is 40.2 Å². The second-order valence-electron chi connectivity index (χ2n) is 8.06. The molecule has 0 spiro atoms. The molecule has 0 radical (unpaired) electrons. The Kier molecular flexibility index (Phi) is 5.71. The average Bonchev–Trinajstić information content (AvgIpc) is 3.23.